The first-order valence-electron chi connectivity index (χ1n) is 6.59. The van der Waals surface area contributed by atoms with Crippen molar-refractivity contribution in [2.24, 2.45) is 5.73 Å². The second kappa shape index (κ2) is 6.21. The summed E-state index contributed by atoms with van der Waals surface area (Å²) in [5.74, 6) is 3.01. The smallest absolute Gasteiger partial charge is 0.312 e. The number of aromatic nitrogens is 2. The molecule has 0 spiro atoms. The van der Waals surface area contributed by atoms with Crippen LogP contribution in [0.25, 0.3) is 0 Å². The van der Waals surface area contributed by atoms with Crippen LogP contribution in [0.15, 0.2) is 6.07 Å². The quantitative estimate of drug-likeness (QED) is 0.547. The van der Waals surface area contributed by atoms with Crippen LogP contribution in [0.4, 0.5) is 16.4 Å². The third kappa shape index (κ3) is 4.27. The summed E-state index contributed by atoms with van der Waals surface area (Å²) in [6, 6.07) is 1.36. The lowest BCUT2D eigenvalue weighted by Crippen LogP contribution is -2.33. The Bertz CT molecular complexity index is 446. The van der Waals surface area contributed by atoms with Gasteiger partial charge in [-0.3, -0.25) is 0 Å². The third-order valence-corrected chi connectivity index (χ3v) is 2.77. The van der Waals surface area contributed by atoms with Gasteiger partial charge in [0.15, 0.2) is 0 Å². The van der Waals surface area contributed by atoms with Crippen LogP contribution < -0.4 is 21.7 Å². The number of nitrogens with two attached hydrogens (primary N) is 1. The van der Waals surface area contributed by atoms with Crippen molar-refractivity contribution in [3.05, 3.63) is 11.9 Å². The molecule has 2 rings (SSSR count). The van der Waals surface area contributed by atoms with Gasteiger partial charge in [0.25, 0.3) is 0 Å². The van der Waals surface area contributed by atoms with Crippen molar-refractivity contribution in [1.29, 1.82) is 0 Å². The molecule has 2 amide bonds. The molecule has 5 N–H and O–H groups in total. The van der Waals surface area contributed by atoms with E-state index in [9.17, 15) is 4.79 Å². The van der Waals surface area contributed by atoms with Gasteiger partial charge in [-0.15, -0.1) is 0 Å². The van der Waals surface area contributed by atoms with Crippen molar-refractivity contribution in [3.8, 4) is 0 Å². The summed E-state index contributed by atoms with van der Waals surface area (Å²) in [7, 11) is 0. The highest BCUT2D eigenvalue weighted by Gasteiger charge is 2.27. The van der Waals surface area contributed by atoms with Gasteiger partial charge in [-0.05, 0) is 19.8 Å². The topological polar surface area (TPSA) is 105 Å². The van der Waals surface area contributed by atoms with Crippen molar-refractivity contribution in [3.63, 3.8) is 0 Å². The average Bonchev–Trinajstić information content (AvgIpc) is 3.19. The zero-order valence-electron chi connectivity index (χ0n) is 11.1. The maximum absolute atomic E-state index is 10.5. The molecule has 0 atom stereocenters. The van der Waals surface area contributed by atoms with E-state index in [2.05, 4.69) is 25.9 Å². The van der Waals surface area contributed by atoms with Gasteiger partial charge in [0.2, 0.25) is 0 Å². The first-order chi connectivity index (χ1) is 9.19. The Morgan fingerprint density at radius 3 is 2.58 bits per heavy atom. The second-order valence-corrected chi connectivity index (χ2v) is 4.52. The van der Waals surface area contributed by atoms with Crippen LogP contribution >= 0.6 is 0 Å². The van der Waals surface area contributed by atoms with Gasteiger partial charge in [0.1, 0.15) is 17.5 Å². The molecular formula is C12H20N6O. The Morgan fingerprint density at radius 2 is 2.00 bits per heavy atom. The van der Waals surface area contributed by atoms with Crippen LogP contribution in [-0.4, -0.2) is 35.6 Å². The number of amides is 2. The van der Waals surface area contributed by atoms with E-state index in [1.807, 2.05) is 13.0 Å². The minimum absolute atomic E-state index is 0.467. The Kier molecular flexibility index (Phi) is 4.38. The predicted octanol–water partition coefficient (Wildman–Crippen LogP) is 0.866. The molecule has 1 fully saturated rings. The molecule has 1 aliphatic carbocycles. The summed E-state index contributed by atoms with van der Waals surface area (Å²) < 4.78 is 0. The number of hydrogen-bond donors (Lipinski definition) is 4. The molecule has 0 unspecified atom stereocenters. The fourth-order valence-corrected chi connectivity index (χ4v) is 1.73. The fourth-order valence-electron chi connectivity index (χ4n) is 1.73. The standard InChI is InChI=1S/C12H20N6O/c1-2-14-9-7-10(15-5-6-16-12(13)19)18-11(17-9)8-3-4-8/h7-8H,2-6H2,1H3,(H3,13,16,19)(H2,14,15,17,18). The maximum Gasteiger partial charge on any atom is 0.312 e. The van der Waals surface area contributed by atoms with Gasteiger partial charge < -0.3 is 21.7 Å². The van der Waals surface area contributed by atoms with Gasteiger partial charge in [-0.25, -0.2) is 14.8 Å². The Balaban J connectivity index is 1.95. The van der Waals surface area contributed by atoms with E-state index in [1.165, 1.54) is 0 Å². The highest BCUT2D eigenvalue weighted by molar-refractivity contribution is 5.71. The number of carbonyl (C=O) groups is 1. The van der Waals surface area contributed by atoms with Gasteiger partial charge >= 0.3 is 6.03 Å². The molecular weight excluding hydrogens is 244 g/mol. The van der Waals surface area contributed by atoms with Crippen molar-refractivity contribution in [1.82, 2.24) is 15.3 Å². The Hall–Kier alpha value is -2.05. The molecule has 1 saturated carbocycles. The van der Waals surface area contributed by atoms with Crippen LogP contribution in [0.2, 0.25) is 0 Å². The van der Waals surface area contributed by atoms with Crippen molar-refractivity contribution in [2.75, 3.05) is 30.3 Å². The van der Waals surface area contributed by atoms with E-state index in [-0.39, 0.29) is 0 Å². The summed E-state index contributed by atoms with van der Waals surface area (Å²) in [4.78, 5) is 19.5. The molecule has 1 aromatic rings. The third-order valence-electron chi connectivity index (χ3n) is 2.77. The number of anilines is 2. The van der Waals surface area contributed by atoms with Crippen LogP contribution in [0.1, 0.15) is 31.5 Å². The molecule has 7 nitrogen and oxygen atoms in total. The van der Waals surface area contributed by atoms with Crippen molar-refractivity contribution < 1.29 is 4.79 Å². The zero-order valence-corrected chi connectivity index (χ0v) is 11.1. The SMILES string of the molecule is CCNc1cc(NCCNC(N)=O)nc(C2CC2)n1. The van der Waals surface area contributed by atoms with Crippen LogP contribution in [0.3, 0.4) is 0 Å². The molecule has 1 heterocycles. The molecule has 104 valence electrons. The summed E-state index contributed by atoms with van der Waals surface area (Å²) >= 11 is 0. The largest absolute Gasteiger partial charge is 0.370 e. The summed E-state index contributed by atoms with van der Waals surface area (Å²) in [5, 5.41) is 8.88. The molecule has 0 bridgehead atoms. The number of nitrogens with zero attached hydrogens (tertiary/aromatic N) is 2. The number of urea groups is 1. The molecule has 19 heavy (non-hydrogen) atoms. The van der Waals surface area contributed by atoms with E-state index in [1.54, 1.807) is 0 Å². The second-order valence-electron chi connectivity index (χ2n) is 4.52. The van der Waals surface area contributed by atoms with Crippen molar-refractivity contribution in [2.45, 2.75) is 25.7 Å². The number of primary amides is 1. The van der Waals surface area contributed by atoms with Gasteiger partial charge in [0.05, 0.1) is 0 Å². The van der Waals surface area contributed by atoms with E-state index in [0.717, 1.165) is 36.8 Å². The molecule has 7 heteroatoms. The van der Waals surface area contributed by atoms with Crippen LogP contribution in [0.5, 0.6) is 0 Å². The summed E-state index contributed by atoms with van der Waals surface area (Å²) in [6.45, 7) is 3.90. The lowest BCUT2D eigenvalue weighted by molar-refractivity contribution is 0.249. The molecule has 0 aromatic carbocycles. The minimum Gasteiger partial charge on any atom is -0.370 e. The van der Waals surface area contributed by atoms with E-state index >= 15 is 0 Å². The summed E-state index contributed by atoms with van der Waals surface area (Å²) in [6.07, 6.45) is 2.33. The fraction of sp³-hybridized carbons (Fsp3) is 0.583. The zero-order chi connectivity index (χ0) is 13.7. The summed E-state index contributed by atoms with van der Waals surface area (Å²) in [5.41, 5.74) is 4.99. The molecule has 1 aromatic heterocycles. The first-order valence-corrected chi connectivity index (χ1v) is 6.59. The van der Waals surface area contributed by atoms with E-state index in [4.69, 9.17) is 5.73 Å². The number of rotatable bonds is 7. The van der Waals surface area contributed by atoms with Crippen LogP contribution in [-0.2, 0) is 0 Å². The van der Waals surface area contributed by atoms with E-state index < -0.39 is 6.03 Å². The predicted molar refractivity (Wildman–Crippen MR) is 74.2 cm³/mol. The highest BCUT2D eigenvalue weighted by atomic mass is 16.2. The highest BCUT2D eigenvalue weighted by Crippen LogP contribution is 2.38. The normalized spacial score (nSPS) is 13.9. The Labute approximate surface area is 112 Å². The molecule has 0 aliphatic heterocycles. The molecule has 0 saturated heterocycles. The Morgan fingerprint density at radius 1 is 1.32 bits per heavy atom. The first kappa shape index (κ1) is 13.4. The number of hydrogen-bond acceptors (Lipinski definition) is 5. The maximum atomic E-state index is 10.5. The van der Waals surface area contributed by atoms with E-state index in [0.29, 0.717) is 19.0 Å². The molecule has 0 radical (unpaired) electrons. The van der Waals surface area contributed by atoms with Crippen LogP contribution in [0, 0.1) is 0 Å². The average molecular weight is 264 g/mol. The van der Waals surface area contributed by atoms with Gasteiger partial charge in [0, 0.05) is 31.6 Å². The number of carbonyl (C=O) groups excluding carboxylic acids is 1. The number of nitrogens with one attached hydrogen (secondary N) is 3. The lowest BCUT2D eigenvalue weighted by atomic mass is 10.3. The van der Waals surface area contributed by atoms with Gasteiger partial charge in [-0.1, -0.05) is 0 Å². The minimum atomic E-state index is -0.517. The monoisotopic (exact) mass is 264 g/mol. The lowest BCUT2D eigenvalue weighted by Gasteiger charge is -2.10. The van der Waals surface area contributed by atoms with Crippen molar-refractivity contribution >= 4 is 17.7 Å². The van der Waals surface area contributed by atoms with Gasteiger partial charge in [-0.2, -0.15) is 0 Å². The molecule has 1 aliphatic rings.